The van der Waals surface area contributed by atoms with E-state index in [9.17, 15) is 14.7 Å². The van der Waals surface area contributed by atoms with Crippen molar-refractivity contribution in [1.29, 1.82) is 0 Å². The number of hydrogen-bond acceptors (Lipinski definition) is 7. The molecule has 7 heteroatoms. The van der Waals surface area contributed by atoms with E-state index in [1.165, 1.54) is 7.11 Å². The number of aliphatic hydroxyl groups is 1. The summed E-state index contributed by atoms with van der Waals surface area (Å²) >= 11 is 0. The van der Waals surface area contributed by atoms with Gasteiger partial charge in [-0.25, -0.2) is 0 Å². The lowest BCUT2D eigenvalue weighted by Crippen LogP contribution is -2.78. The second kappa shape index (κ2) is 5.58. The van der Waals surface area contributed by atoms with Gasteiger partial charge in [0.25, 0.3) is 0 Å². The number of piperidine rings is 1. The Morgan fingerprint density at radius 1 is 1.43 bits per heavy atom. The molecule has 1 saturated carbocycles. The number of anilines is 1. The van der Waals surface area contributed by atoms with Crippen LogP contribution in [0.5, 0.6) is 0 Å². The molecule has 1 aliphatic carbocycles. The van der Waals surface area contributed by atoms with Gasteiger partial charge in [-0.15, -0.1) is 0 Å². The van der Waals surface area contributed by atoms with Crippen molar-refractivity contribution in [3.05, 3.63) is 41.5 Å². The fourth-order valence-corrected chi connectivity index (χ4v) is 6.50. The van der Waals surface area contributed by atoms with Crippen LogP contribution in [0.3, 0.4) is 0 Å². The van der Waals surface area contributed by atoms with E-state index in [4.69, 9.17) is 9.47 Å². The van der Waals surface area contributed by atoms with Crippen LogP contribution in [0, 0.1) is 11.3 Å². The number of carbonyl (C=O) groups is 2. The van der Waals surface area contributed by atoms with Crippen LogP contribution in [-0.2, 0) is 24.5 Å². The van der Waals surface area contributed by atoms with E-state index in [0.29, 0.717) is 13.0 Å². The zero-order valence-electron chi connectivity index (χ0n) is 16.0. The molecule has 3 heterocycles. The van der Waals surface area contributed by atoms with Crippen molar-refractivity contribution < 1.29 is 24.2 Å². The number of fused-ring (bicyclic) bond motifs is 3. The summed E-state index contributed by atoms with van der Waals surface area (Å²) in [6.07, 6.45) is 2.57. The Bertz CT molecular complexity index is 914. The molecule has 3 fully saturated rings. The maximum absolute atomic E-state index is 13.5. The average molecular weight is 384 g/mol. The van der Waals surface area contributed by atoms with E-state index in [0.717, 1.165) is 16.8 Å². The number of nitrogens with one attached hydrogen (secondary N) is 2. The Morgan fingerprint density at radius 3 is 2.93 bits per heavy atom. The van der Waals surface area contributed by atoms with Crippen molar-refractivity contribution in [2.75, 3.05) is 25.6 Å². The summed E-state index contributed by atoms with van der Waals surface area (Å²) in [7, 11) is 1.34. The lowest BCUT2D eigenvalue weighted by molar-refractivity contribution is -0.194. The standard InChI is InChI=1S/C21H24N2O5/c1-3-12-10-22-16-8-14(12)19(11-24,18(26)27-2)20-9-17(25)28-21(16,20)23-15-7-5-4-6-13(15)20/h3-7,14,16,22-24H,8-11H2,1-2H3/b12-3-/t14-,16-,19-,20-,21-/m0/s1. The molecule has 0 radical (unpaired) electrons. The van der Waals surface area contributed by atoms with Crippen LogP contribution in [0.4, 0.5) is 5.69 Å². The third kappa shape index (κ3) is 1.65. The van der Waals surface area contributed by atoms with Crippen LogP contribution in [0.25, 0.3) is 0 Å². The van der Waals surface area contributed by atoms with Crippen LogP contribution < -0.4 is 10.6 Å². The van der Waals surface area contributed by atoms with Crippen LogP contribution >= 0.6 is 0 Å². The summed E-state index contributed by atoms with van der Waals surface area (Å²) in [5, 5.41) is 17.8. The van der Waals surface area contributed by atoms with E-state index < -0.39 is 29.1 Å². The van der Waals surface area contributed by atoms with Crippen molar-refractivity contribution in [1.82, 2.24) is 5.32 Å². The summed E-state index contributed by atoms with van der Waals surface area (Å²) in [5.74, 6) is -1.13. The summed E-state index contributed by atoms with van der Waals surface area (Å²) in [4.78, 5) is 26.2. The maximum atomic E-state index is 13.5. The molecule has 0 unspecified atom stereocenters. The Labute approximate surface area is 163 Å². The monoisotopic (exact) mass is 384 g/mol. The van der Waals surface area contributed by atoms with Gasteiger partial charge in [-0.1, -0.05) is 29.8 Å². The van der Waals surface area contributed by atoms with E-state index >= 15 is 0 Å². The first-order valence-electron chi connectivity index (χ1n) is 9.68. The van der Waals surface area contributed by atoms with E-state index in [1.807, 2.05) is 37.3 Å². The van der Waals surface area contributed by atoms with Gasteiger partial charge in [0.2, 0.25) is 5.72 Å². The molecule has 5 atom stereocenters. The second-order valence-corrected chi connectivity index (χ2v) is 8.17. The minimum atomic E-state index is -1.33. The zero-order valence-corrected chi connectivity index (χ0v) is 16.0. The van der Waals surface area contributed by atoms with Crippen LogP contribution in [0.2, 0.25) is 0 Å². The first-order chi connectivity index (χ1) is 13.5. The molecule has 2 bridgehead atoms. The zero-order chi connectivity index (χ0) is 19.7. The summed E-state index contributed by atoms with van der Waals surface area (Å²) < 4.78 is 11.3. The number of hydrogen-bond donors (Lipinski definition) is 3. The Morgan fingerprint density at radius 2 is 2.21 bits per heavy atom. The number of esters is 2. The Hall–Kier alpha value is -2.38. The fourth-order valence-electron chi connectivity index (χ4n) is 6.50. The number of benzene rings is 1. The highest BCUT2D eigenvalue weighted by Gasteiger charge is 2.83. The third-order valence-electron chi connectivity index (χ3n) is 7.51. The molecule has 148 valence electrons. The first-order valence-corrected chi connectivity index (χ1v) is 9.68. The highest BCUT2D eigenvalue weighted by Crippen LogP contribution is 2.70. The van der Waals surface area contributed by atoms with Gasteiger partial charge >= 0.3 is 11.9 Å². The largest absolute Gasteiger partial charge is 0.468 e. The molecule has 5 rings (SSSR count). The lowest BCUT2D eigenvalue weighted by atomic mass is 9.44. The molecular weight excluding hydrogens is 360 g/mol. The molecule has 7 nitrogen and oxygen atoms in total. The summed E-state index contributed by atoms with van der Waals surface area (Å²) in [6.45, 7) is 2.08. The molecule has 1 aromatic carbocycles. The van der Waals surface area contributed by atoms with E-state index in [-0.39, 0.29) is 24.3 Å². The van der Waals surface area contributed by atoms with Crippen LogP contribution in [0.1, 0.15) is 25.3 Å². The van der Waals surface area contributed by atoms with E-state index in [1.54, 1.807) is 0 Å². The number of aliphatic hydroxyl groups excluding tert-OH is 1. The van der Waals surface area contributed by atoms with Crippen molar-refractivity contribution in [3.8, 4) is 0 Å². The highest BCUT2D eigenvalue weighted by molar-refractivity contribution is 5.90. The number of allylic oxidation sites excluding steroid dienone is 1. The molecule has 1 aromatic rings. The van der Waals surface area contributed by atoms with Crippen molar-refractivity contribution in [3.63, 3.8) is 0 Å². The average Bonchev–Trinajstić information content (AvgIpc) is 3.17. The Balaban J connectivity index is 1.90. The minimum Gasteiger partial charge on any atom is -0.468 e. The predicted molar refractivity (Wildman–Crippen MR) is 100 cm³/mol. The minimum absolute atomic E-state index is 0.0122. The molecule has 0 amide bonds. The molecule has 0 spiro atoms. The van der Waals surface area contributed by atoms with Gasteiger partial charge in [-0.3, -0.25) is 9.59 Å². The van der Waals surface area contributed by atoms with Gasteiger partial charge in [0.05, 0.1) is 31.6 Å². The normalized spacial score (nSPS) is 41.5. The molecule has 3 N–H and O–H groups in total. The second-order valence-electron chi connectivity index (χ2n) is 8.17. The molecular formula is C21H24N2O5. The van der Waals surface area contributed by atoms with Gasteiger partial charge in [-0.2, -0.15) is 0 Å². The summed E-state index contributed by atoms with van der Waals surface area (Å²) in [5.41, 5.74) is -0.830. The van der Waals surface area contributed by atoms with Gasteiger partial charge in [0.1, 0.15) is 5.41 Å². The lowest BCUT2D eigenvalue weighted by Gasteiger charge is -2.61. The SMILES string of the molecule is C/C=C1/CN[C@H]2C[C@@H]1[C@@](CO)(C(=O)OC)[C@@]13CC(=O)O[C@@]21Nc1ccccc13. The fraction of sp³-hybridized carbons (Fsp3) is 0.524. The quantitative estimate of drug-likeness (QED) is 0.519. The van der Waals surface area contributed by atoms with Crippen molar-refractivity contribution in [2.24, 2.45) is 11.3 Å². The van der Waals surface area contributed by atoms with Gasteiger partial charge < -0.3 is 25.2 Å². The predicted octanol–water partition coefficient (Wildman–Crippen LogP) is 1.08. The maximum Gasteiger partial charge on any atom is 0.315 e. The van der Waals surface area contributed by atoms with Crippen LogP contribution in [-0.4, -0.2) is 49.1 Å². The smallest absolute Gasteiger partial charge is 0.315 e. The number of methoxy groups -OCH3 is 1. The molecule has 0 aromatic heterocycles. The highest BCUT2D eigenvalue weighted by atomic mass is 16.6. The summed E-state index contributed by atoms with van der Waals surface area (Å²) in [6, 6.07) is 7.46. The number of ether oxygens (including phenoxy) is 2. The van der Waals surface area contributed by atoms with Crippen LogP contribution in [0.15, 0.2) is 35.9 Å². The number of rotatable bonds is 2. The first kappa shape index (κ1) is 17.7. The van der Waals surface area contributed by atoms with Crippen molar-refractivity contribution >= 4 is 17.6 Å². The van der Waals surface area contributed by atoms with Crippen molar-refractivity contribution in [2.45, 2.75) is 36.9 Å². The van der Waals surface area contributed by atoms with E-state index in [2.05, 4.69) is 10.6 Å². The molecule has 28 heavy (non-hydrogen) atoms. The van der Waals surface area contributed by atoms with Gasteiger partial charge in [-0.05, 0) is 25.0 Å². The Kier molecular flexibility index (Phi) is 3.53. The number of carbonyl (C=O) groups excluding carboxylic acids is 2. The molecule has 2 saturated heterocycles. The van der Waals surface area contributed by atoms with Gasteiger partial charge in [0.15, 0.2) is 0 Å². The van der Waals surface area contributed by atoms with Gasteiger partial charge in [0, 0.05) is 18.2 Å². The topological polar surface area (TPSA) is 96.9 Å². The number of para-hydroxylation sites is 1. The third-order valence-corrected chi connectivity index (χ3v) is 7.51. The molecule has 4 aliphatic rings. The molecule has 3 aliphatic heterocycles.